The van der Waals surface area contributed by atoms with E-state index in [1.807, 2.05) is 0 Å². The molecular formula is C12H13N. The Morgan fingerprint density at radius 3 is 2.23 bits per heavy atom. The molecule has 1 aliphatic carbocycles. The van der Waals surface area contributed by atoms with E-state index in [1.54, 1.807) is 0 Å². The van der Waals surface area contributed by atoms with Crippen LogP contribution in [-0.4, -0.2) is 0 Å². The van der Waals surface area contributed by atoms with Crippen molar-refractivity contribution < 1.29 is 0 Å². The van der Waals surface area contributed by atoms with E-state index in [2.05, 4.69) is 37.3 Å². The van der Waals surface area contributed by atoms with Gasteiger partial charge < -0.3 is 0 Å². The number of fused-ring (bicyclic) bond motifs is 1. The summed E-state index contributed by atoms with van der Waals surface area (Å²) in [5.41, 5.74) is 2.63. The zero-order valence-corrected chi connectivity index (χ0v) is 7.88. The molecule has 0 aromatic heterocycles. The molecule has 0 heterocycles. The Morgan fingerprint density at radius 2 is 1.85 bits per heavy atom. The predicted molar refractivity (Wildman–Crippen MR) is 52.2 cm³/mol. The van der Waals surface area contributed by atoms with Crippen molar-refractivity contribution in [2.75, 3.05) is 0 Å². The third-order valence-electron chi connectivity index (χ3n) is 3.09. The highest BCUT2D eigenvalue weighted by Crippen LogP contribution is 2.38. The summed E-state index contributed by atoms with van der Waals surface area (Å²) in [6.45, 7) is 2.11. The summed E-state index contributed by atoms with van der Waals surface area (Å²) in [5, 5.41) is 9.14. The Balaban J connectivity index is 2.37. The van der Waals surface area contributed by atoms with Gasteiger partial charge in [0.2, 0.25) is 0 Å². The van der Waals surface area contributed by atoms with E-state index in [9.17, 15) is 0 Å². The SMILES string of the molecule is CCC1(C#N)Cc2ccccc2C1. The molecule has 0 radical (unpaired) electrons. The van der Waals surface area contributed by atoms with Crippen molar-refractivity contribution >= 4 is 0 Å². The largest absolute Gasteiger partial charge is 0.198 e. The Labute approximate surface area is 79.0 Å². The summed E-state index contributed by atoms with van der Waals surface area (Å²) in [4.78, 5) is 0. The fraction of sp³-hybridized carbons (Fsp3) is 0.417. The zero-order valence-electron chi connectivity index (χ0n) is 7.88. The van der Waals surface area contributed by atoms with E-state index in [4.69, 9.17) is 5.26 Å². The fourth-order valence-corrected chi connectivity index (χ4v) is 2.10. The molecule has 0 saturated heterocycles. The van der Waals surface area contributed by atoms with Crippen LogP contribution >= 0.6 is 0 Å². The van der Waals surface area contributed by atoms with Gasteiger partial charge in [0.1, 0.15) is 0 Å². The first kappa shape index (κ1) is 8.31. The van der Waals surface area contributed by atoms with Crippen LogP contribution < -0.4 is 0 Å². The van der Waals surface area contributed by atoms with Crippen molar-refractivity contribution in [3.63, 3.8) is 0 Å². The zero-order chi connectivity index (χ0) is 9.31. The molecular weight excluding hydrogens is 158 g/mol. The van der Waals surface area contributed by atoms with Crippen LogP contribution in [0.3, 0.4) is 0 Å². The van der Waals surface area contributed by atoms with E-state index in [1.165, 1.54) is 11.1 Å². The molecule has 13 heavy (non-hydrogen) atoms. The maximum Gasteiger partial charge on any atom is 0.0696 e. The minimum Gasteiger partial charge on any atom is -0.198 e. The highest BCUT2D eigenvalue weighted by atomic mass is 14.4. The molecule has 0 spiro atoms. The summed E-state index contributed by atoms with van der Waals surface area (Å²) in [7, 11) is 0. The van der Waals surface area contributed by atoms with Gasteiger partial charge in [0, 0.05) is 0 Å². The number of nitriles is 1. The average molecular weight is 171 g/mol. The molecule has 1 aliphatic rings. The molecule has 0 bridgehead atoms. The molecule has 0 fully saturated rings. The lowest BCUT2D eigenvalue weighted by Gasteiger charge is -2.16. The first-order chi connectivity index (χ1) is 6.29. The summed E-state index contributed by atoms with van der Waals surface area (Å²) in [6, 6.07) is 10.9. The minimum atomic E-state index is -0.107. The number of hydrogen-bond donors (Lipinski definition) is 0. The first-order valence-electron chi connectivity index (χ1n) is 4.78. The van der Waals surface area contributed by atoms with E-state index in [0.29, 0.717) is 0 Å². The van der Waals surface area contributed by atoms with Gasteiger partial charge in [0.25, 0.3) is 0 Å². The smallest absolute Gasteiger partial charge is 0.0696 e. The van der Waals surface area contributed by atoms with Crippen molar-refractivity contribution in [1.29, 1.82) is 5.26 Å². The summed E-state index contributed by atoms with van der Waals surface area (Å²) in [6.07, 6.45) is 2.84. The molecule has 1 aromatic rings. The van der Waals surface area contributed by atoms with Gasteiger partial charge >= 0.3 is 0 Å². The second-order valence-corrected chi connectivity index (χ2v) is 3.87. The maximum atomic E-state index is 9.14. The first-order valence-corrected chi connectivity index (χ1v) is 4.78. The van der Waals surface area contributed by atoms with Crippen LogP contribution in [0.25, 0.3) is 0 Å². The molecule has 0 unspecified atom stereocenters. The summed E-state index contributed by atoms with van der Waals surface area (Å²) < 4.78 is 0. The minimum absolute atomic E-state index is 0.107. The van der Waals surface area contributed by atoms with Gasteiger partial charge in [-0.1, -0.05) is 31.2 Å². The van der Waals surface area contributed by atoms with Gasteiger partial charge in [-0.2, -0.15) is 5.26 Å². The van der Waals surface area contributed by atoms with E-state index < -0.39 is 0 Å². The van der Waals surface area contributed by atoms with Gasteiger partial charge in [-0.05, 0) is 30.4 Å². The highest BCUT2D eigenvalue weighted by Gasteiger charge is 2.35. The Hall–Kier alpha value is -1.29. The Bertz CT molecular complexity index is 335. The molecule has 1 aromatic carbocycles. The Kier molecular flexibility index (Phi) is 1.84. The molecule has 1 nitrogen and oxygen atoms in total. The molecule has 0 N–H and O–H groups in total. The number of benzene rings is 1. The average Bonchev–Trinajstić information content (AvgIpc) is 2.57. The number of rotatable bonds is 1. The van der Waals surface area contributed by atoms with Gasteiger partial charge in [0.05, 0.1) is 11.5 Å². The third-order valence-corrected chi connectivity index (χ3v) is 3.09. The van der Waals surface area contributed by atoms with E-state index >= 15 is 0 Å². The molecule has 1 heteroatoms. The maximum absolute atomic E-state index is 9.14. The van der Waals surface area contributed by atoms with Crippen LogP contribution in [-0.2, 0) is 12.8 Å². The lowest BCUT2D eigenvalue weighted by molar-refractivity contribution is 0.405. The molecule has 2 rings (SSSR count). The van der Waals surface area contributed by atoms with Crippen molar-refractivity contribution in [2.45, 2.75) is 26.2 Å². The van der Waals surface area contributed by atoms with E-state index in [-0.39, 0.29) is 5.41 Å². The summed E-state index contributed by atoms with van der Waals surface area (Å²) >= 11 is 0. The topological polar surface area (TPSA) is 23.8 Å². The van der Waals surface area contributed by atoms with Crippen LogP contribution in [0.1, 0.15) is 24.5 Å². The van der Waals surface area contributed by atoms with Crippen LogP contribution in [0.5, 0.6) is 0 Å². The second-order valence-electron chi connectivity index (χ2n) is 3.87. The molecule has 66 valence electrons. The molecule has 0 saturated carbocycles. The van der Waals surface area contributed by atoms with Crippen LogP contribution in [0.15, 0.2) is 24.3 Å². The number of nitrogens with zero attached hydrogens (tertiary/aromatic N) is 1. The van der Waals surface area contributed by atoms with Crippen LogP contribution in [0, 0.1) is 16.7 Å². The quantitative estimate of drug-likeness (QED) is 0.637. The van der Waals surface area contributed by atoms with Gasteiger partial charge in [-0.15, -0.1) is 0 Å². The standard InChI is InChI=1S/C12H13N/c1-2-12(9-13)7-10-5-3-4-6-11(10)8-12/h3-6H,2,7-8H2,1H3. The number of hydrogen-bond acceptors (Lipinski definition) is 1. The lowest BCUT2D eigenvalue weighted by atomic mass is 9.84. The Morgan fingerprint density at radius 1 is 1.31 bits per heavy atom. The van der Waals surface area contributed by atoms with Crippen molar-refractivity contribution in [1.82, 2.24) is 0 Å². The second kappa shape index (κ2) is 2.88. The normalized spacial score (nSPS) is 17.8. The molecule has 0 atom stereocenters. The third kappa shape index (κ3) is 1.23. The fourth-order valence-electron chi connectivity index (χ4n) is 2.10. The van der Waals surface area contributed by atoms with Gasteiger partial charge in [0.15, 0.2) is 0 Å². The highest BCUT2D eigenvalue weighted by molar-refractivity contribution is 5.36. The predicted octanol–water partition coefficient (Wildman–Crippen LogP) is 2.71. The van der Waals surface area contributed by atoms with Crippen molar-refractivity contribution in [3.05, 3.63) is 35.4 Å². The van der Waals surface area contributed by atoms with E-state index in [0.717, 1.165) is 19.3 Å². The van der Waals surface area contributed by atoms with Crippen molar-refractivity contribution in [2.24, 2.45) is 5.41 Å². The van der Waals surface area contributed by atoms with Crippen LogP contribution in [0.2, 0.25) is 0 Å². The van der Waals surface area contributed by atoms with Crippen LogP contribution in [0.4, 0.5) is 0 Å². The summed E-state index contributed by atoms with van der Waals surface area (Å²) in [5.74, 6) is 0. The molecule has 0 amide bonds. The van der Waals surface area contributed by atoms with Gasteiger partial charge in [-0.3, -0.25) is 0 Å². The van der Waals surface area contributed by atoms with Gasteiger partial charge in [-0.25, -0.2) is 0 Å². The lowest BCUT2D eigenvalue weighted by Crippen LogP contribution is -2.17. The molecule has 0 aliphatic heterocycles. The monoisotopic (exact) mass is 171 g/mol. The van der Waals surface area contributed by atoms with Crippen molar-refractivity contribution in [3.8, 4) is 6.07 Å².